The van der Waals surface area contributed by atoms with Crippen molar-refractivity contribution in [2.45, 2.75) is 70.9 Å². The molecule has 2 unspecified atom stereocenters. The van der Waals surface area contributed by atoms with Gasteiger partial charge in [-0.1, -0.05) is 6.92 Å². The van der Waals surface area contributed by atoms with Crippen LogP contribution in [0.2, 0.25) is 0 Å². The van der Waals surface area contributed by atoms with Gasteiger partial charge in [0.25, 0.3) is 0 Å². The van der Waals surface area contributed by atoms with Crippen molar-refractivity contribution >= 4 is 22.9 Å². The molecule has 7 nitrogen and oxygen atoms in total. The highest BCUT2D eigenvalue weighted by molar-refractivity contribution is 5.91. The number of rotatable bonds is 4. The number of likely N-dealkylation sites (tertiary alicyclic amines) is 1. The Morgan fingerprint density at radius 3 is 2.82 bits per heavy atom. The van der Waals surface area contributed by atoms with Crippen molar-refractivity contribution in [2.24, 2.45) is 5.92 Å². The molecule has 28 heavy (non-hydrogen) atoms. The van der Waals surface area contributed by atoms with Crippen LogP contribution in [0.15, 0.2) is 12.5 Å². The Morgan fingerprint density at radius 1 is 1.32 bits per heavy atom. The van der Waals surface area contributed by atoms with Crippen LogP contribution in [0, 0.1) is 5.92 Å². The Kier molecular flexibility index (Phi) is 4.93. The summed E-state index contributed by atoms with van der Waals surface area (Å²) in [6, 6.07) is 0.151. The van der Waals surface area contributed by atoms with E-state index in [4.69, 9.17) is 4.74 Å². The maximum Gasteiger partial charge on any atom is 0.410 e. The first-order valence-corrected chi connectivity index (χ1v) is 10.4. The fourth-order valence-corrected chi connectivity index (χ4v) is 4.09. The van der Waals surface area contributed by atoms with E-state index in [0.29, 0.717) is 12.5 Å². The number of amides is 1. The second-order valence-corrected chi connectivity index (χ2v) is 9.23. The SMILES string of the molecule is CC(c1c[nH]c2ncnc(NC3CCCN(C(=O)OC(C)(C)C)C3)c12)C1CC1. The van der Waals surface area contributed by atoms with E-state index in [1.54, 1.807) is 11.2 Å². The molecule has 7 heteroatoms. The molecule has 2 atom stereocenters. The summed E-state index contributed by atoms with van der Waals surface area (Å²) in [5, 5.41) is 4.69. The molecule has 1 aliphatic heterocycles. The summed E-state index contributed by atoms with van der Waals surface area (Å²) in [4.78, 5) is 26.5. The lowest BCUT2D eigenvalue weighted by Gasteiger charge is -2.34. The van der Waals surface area contributed by atoms with E-state index in [9.17, 15) is 4.79 Å². The third kappa shape index (κ3) is 4.08. The Hall–Kier alpha value is -2.31. The first-order chi connectivity index (χ1) is 13.3. The van der Waals surface area contributed by atoms with Gasteiger partial charge in [0.05, 0.1) is 5.39 Å². The molecule has 0 radical (unpaired) electrons. The van der Waals surface area contributed by atoms with Gasteiger partial charge in [0.1, 0.15) is 23.4 Å². The molecule has 0 bridgehead atoms. The molecule has 2 fully saturated rings. The van der Waals surface area contributed by atoms with Gasteiger partial charge in [0.2, 0.25) is 0 Å². The number of carbonyl (C=O) groups is 1. The number of carbonyl (C=O) groups excluding carboxylic acids is 1. The normalized spacial score (nSPS) is 21.6. The molecule has 2 aromatic heterocycles. The second-order valence-electron chi connectivity index (χ2n) is 9.23. The zero-order valence-electron chi connectivity index (χ0n) is 17.3. The highest BCUT2D eigenvalue weighted by Crippen LogP contribution is 2.44. The number of hydrogen-bond acceptors (Lipinski definition) is 5. The molecule has 0 spiro atoms. The van der Waals surface area contributed by atoms with E-state index in [1.807, 2.05) is 20.8 Å². The fraction of sp³-hybridized carbons (Fsp3) is 0.667. The molecule has 3 heterocycles. The highest BCUT2D eigenvalue weighted by atomic mass is 16.6. The number of nitrogens with one attached hydrogen (secondary N) is 2. The van der Waals surface area contributed by atoms with Crippen molar-refractivity contribution in [3.8, 4) is 0 Å². The van der Waals surface area contributed by atoms with E-state index >= 15 is 0 Å². The summed E-state index contributed by atoms with van der Waals surface area (Å²) in [5.74, 6) is 2.14. The average Bonchev–Trinajstić information content (AvgIpc) is 3.39. The van der Waals surface area contributed by atoms with E-state index in [-0.39, 0.29) is 12.1 Å². The number of ether oxygens (including phenoxy) is 1. The van der Waals surface area contributed by atoms with E-state index in [0.717, 1.165) is 42.2 Å². The lowest BCUT2D eigenvalue weighted by molar-refractivity contribution is 0.0206. The fourth-order valence-electron chi connectivity index (χ4n) is 4.09. The average molecular weight is 386 g/mol. The predicted molar refractivity (Wildman–Crippen MR) is 109 cm³/mol. The van der Waals surface area contributed by atoms with Gasteiger partial charge in [-0.15, -0.1) is 0 Å². The number of anilines is 1. The van der Waals surface area contributed by atoms with Crippen LogP contribution in [0.4, 0.5) is 10.6 Å². The Morgan fingerprint density at radius 2 is 2.11 bits per heavy atom. The predicted octanol–water partition coefficient (Wildman–Crippen LogP) is 4.28. The first kappa shape index (κ1) is 19.0. The smallest absolute Gasteiger partial charge is 0.410 e. The van der Waals surface area contributed by atoms with Crippen LogP contribution in [0.5, 0.6) is 0 Å². The number of H-pyrrole nitrogens is 1. The van der Waals surface area contributed by atoms with Gasteiger partial charge in [-0.05, 0) is 63.9 Å². The Labute approximate surface area is 166 Å². The molecule has 152 valence electrons. The second kappa shape index (κ2) is 7.26. The molecule has 1 saturated heterocycles. The van der Waals surface area contributed by atoms with Crippen LogP contribution < -0.4 is 5.32 Å². The summed E-state index contributed by atoms with van der Waals surface area (Å²) in [6.45, 7) is 9.35. The number of piperidine rings is 1. The van der Waals surface area contributed by atoms with Crippen LogP contribution in [-0.2, 0) is 4.74 Å². The minimum Gasteiger partial charge on any atom is -0.444 e. The summed E-state index contributed by atoms with van der Waals surface area (Å²) in [5.41, 5.74) is 1.69. The van der Waals surface area contributed by atoms with E-state index < -0.39 is 5.60 Å². The van der Waals surface area contributed by atoms with Crippen LogP contribution in [-0.4, -0.2) is 50.7 Å². The van der Waals surface area contributed by atoms with E-state index in [2.05, 4.69) is 33.4 Å². The lowest BCUT2D eigenvalue weighted by Crippen LogP contribution is -2.47. The lowest BCUT2D eigenvalue weighted by atomic mass is 9.96. The Balaban J connectivity index is 1.51. The number of fused-ring (bicyclic) bond motifs is 1. The molecule has 2 N–H and O–H groups in total. The summed E-state index contributed by atoms with van der Waals surface area (Å²) in [6.07, 6.45) is 8.00. The maximum atomic E-state index is 12.5. The molecule has 1 saturated carbocycles. The molecular weight excluding hydrogens is 354 g/mol. The minimum absolute atomic E-state index is 0.151. The highest BCUT2D eigenvalue weighted by Gasteiger charge is 2.32. The molecule has 2 aromatic rings. The van der Waals surface area contributed by atoms with Gasteiger partial charge < -0.3 is 19.9 Å². The number of hydrogen-bond donors (Lipinski definition) is 2. The van der Waals surface area contributed by atoms with Gasteiger partial charge in [0.15, 0.2) is 0 Å². The van der Waals surface area contributed by atoms with Crippen molar-refractivity contribution in [2.75, 3.05) is 18.4 Å². The van der Waals surface area contributed by atoms with Crippen LogP contribution >= 0.6 is 0 Å². The molecule has 2 aliphatic rings. The van der Waals surface area contributed by atoms with Crippen molar-refractivity contribution in [1.29, 1.82) is 0 Å². The van der Waals surface area contributed by atoms with Crippen molar-refractivity contribution in [3.63, 3.8) is 0 Å². The summed E-state index contributed by atoms with van der Waals surface area (Å²) >= 11 is 0. The van der Waals surface area contributed by atoms with Crippen molar-refractivity contribution in [3.05, 3.63) is 18.1 Å². The first-order valence-electron chi connectivity index (χ1n) is 10.4. The summed E-state index contributed by atoms with van der Waals surface area (Å²) < 4.78 is 5.55. The zero-order chi connectivity index (χ0) is 19.9. The van der Waals surface area contributed by atoms with Gasteiger partial charge in [-0.3, -0.25) is 0 Å². The summed E-state index contributed by atoms with van der Waals surface area (Å²) in [7, 11) is 0. The van der Waals surface area contributed by atoms with Crippen molar-refractivity contribution < 1.29 is 9.53 Å². The standard InChI is InChI=1S/C21H31N5O2/c1-13(14-7-8-14)16-10-22-18-17(16)19(24-12-23-18)25-15-6-5-9-26(11-15)20(27)28-21(2,3)4/h10,12-15H,5-9,11H2,1-4H3,(H2,22,23,24,25). The zero-order valence-corrected chi connectivity index (χ0v) is 17.3. The van der Waals surface area contributed by atoms with Gasteiger partial charge >= 0.3 is 6.09 Å². The molecule has 4 rings (SSSR count). The van der Waals surface area contributed by atoms with Crippen molar-refractivity contribution in [1.82, 2.24) is 19.9 Å². The third-order valence-corrected chi connectivity index (χ3v) is 5.73. The Bertz CT molecular complexity index is 852. The largest absolute Gasteiger partial charge is 0.444 e. The van der Waals surface area contributed by atoms with Gasteiger partial charge in [-0.2, -0.15) is 0 Å². The monoisotopic (exact) mass is 385 g/mol. The van der Waals surface area contributed by atoms with Crippen LogP contribution in [0.3, 0.4) is 0 Å². The molecule has 1 aliphatic carbocycles. The topological polar surface area (TPSA) is 83.1 Å². The van der Waals surface area contributed by atoms with Gasteiger partial charge in [-0.25, -0.2) is 14.8 Å². The van der Waals surface area contributed by atoms with Crippen LogP contribution in [0.1, 0.15) is 64.9 Å². The van der Waals surface area contributed by atoms with Gasteiger partial charge in [0, 0.05) is 25.3 Å². The number of aromatic amines is 1. The van der Waals surface area contributed by atoms with E-state index in [1.165, 1.54) is 18.4 Å². The van der Waals surface area contributed by atoms with Crippen LogP contribution in [0.25, 0.3) is 11.0 Å². The molecule has 1 amide bonds. The number of nitrogens with zero attached hydrogens (tertiary/aromatic N) is 3. The third-order valence-electron chi connectivity index (χ3n) is 5.73. The molecular formula is C21H31N5O2. The minimum atomic E-state index is -0.477. The quantitative estimate of drug-likeness (QED) is 0.821. The maximum absolute atomic E-state index is 12.5. The number of aromatic nitrogens is 3. The molecule has 0 aromatic carbocycles.